The zero-order chi connectivity index (χ0) is 28.6. The third kappa shape index (κ3) is 4.13. The first kappa shape index (κ1) is 26.2. The Hall–Kier alpha value is -3.50. The number of ether oxygens (including phenoxy) is 1. The fraction of sp³-hybridized carbons (Fsp3) is 0.500. The molecule has 2 N–H and O–H groups in total. The van der Waals surface area contributed by atoms with Gasteiger partial charge in [-0.1, -0.05) is 13.0 Å². The van der Waals surface area contributed by atoms with Gasteiger partial charge in [0, 0.05) is 55.7 Å². The first-order valence-corrected chi connectivity index (χ1v) is 15.3. The SMILES string of the molecule is CCc1c(F)ccc2cc(O)cc(-n3ncc4c(N5CC6CCC(C5)N6)cc(OC[C@@]56CCCN5C[C@H](F)C6)nc43)c12. The summed E-state index contributed by atoms with van der Waals surface area (Å²) in [4.78, 5) is 9.61. The fourth-order valence-corrected chi connectivity index (χ4v) is 8.11. The number of benzene rings is 2. The van der Waals surface area contributed by atoms with Crippen molar-refractivity contribution < 1.29 is 18.6 Å². The van der Waals surface area contributed by atoms with Crippen LogP contribution in [0.3, 0.4) is 0 Å². The summed E-state index contributed by atoms with van der Waals surface area (Å²) >= 11 is 0. The Labute approximate surface area is 243 Å². The molecule has 0 spiro atoms. The van der Waals surface area contributed by atoms with Gasteiger partial charge in [0.2, 0.25) is 5.88 Å². The number of phenolic OH excluding ortho intramolecular Hbond substituents is 1. The second-order valence-electron chi connectivity index (χ2n) is 12.6. The molecule has 8 nitrogen and oxygen atoms in total. The molecule has 4 fully saturated rings. The van der Waals surface area contributed by atoms with E-state index in [1.807, 2.05) is 19.2 Å². The maximum absolute atomic E-state index is 15.0. The first-order valence-electron chi connectivity index (χ1n) is 15.3. The molecule has 6 heterocycles. The molecule has 4 aromatic rings. The van der Waals surface area contributed by atoms with E-state index in [2.05, 4.69) is 15.1 Å². The van der Waals surface area contributed by atoms with Crippen molar-refractivity contribution in [3.8, 4) is 17.3 Å². The Bertz CT molecular complexity index is 1680. The van der Waals surface area contributed by atoms with Gasteiger partial charge in [0.25, 0.3) is 0 Å². The lowest BCUT2D eigenvalue weighted by atomic mass is 9.95. The monoisotopic (exact) mass is 574 g/mol. The molecule has 2 aromatic carbocycles. The van der Waals surface area contributed by atoms with Gasteiger partial charge in [-0.25, -0.2) is 13.5 Å². The molecule has 8 rings (SSSR count). The smallest absolute Gasteiger partial charge is 0.217 e. The lowest BCUT2D eigenvalue weighted by molar-refractivity contribution is 0.111. The number of aromatic nitrogens is 3. The summed E-state index contributed by atoms with van der Waals surface area (Å²) in [5, 5.41) is 21.5. The molecule has 0 amide bonds. The van der Waals surface area contributed by atoms with E-state index >= 15 is 4.39 Å². The standard InChI is InChI=1S/C32H36F2N6O2/c1-2-24-26(34)7-4-19-10-23(41)11-28(30(19)24)40-31-25(14-35-40)27(38-16-21-5-6-22(17-38)36-21)12-29(37-31)42-18-32-8-3-9-39(32)15-20(33)13-32/h4,7,10-12,14,20-22,36,41H,2-3,5-6,8-9,13,15-18H2,1H3/t20-,21?,22?,32+/m1/s1. The van der Waals surface area contributed by atoms with Crippen molar-refractivity contribution in [2.45, 2.75) is 69.2 Å². The number of anilines is 1. The van der Waals surface area contributed by atoms with Crippen LogP contribution in [0.1, 0.15) is 44.6 Å². The summed E-state index contributed by atoms with van der Waals surface area (Å²) in [6.45, 7) is 5.43. The zero-order valence-corrected chi connectivity index (χ0v) is 23.8. The Morgan fingerprint density at radius 1 is 1.12 bits per heavy atom. The van der Waals surface area contributed by atoms with Crippen molar-refractivity contribution in [1.82, 2.24) is 25.0 Å². The Morgan fingerprint density at radius 2 is 1.95 bits per heavy atom. The number of pyridine rings is 1. The summed E-state index contributed by atoms with van der Waals surface area (Å²) in [7, 11) is 0. The molecule has 220 valence electrons. The molecule has 10 heteroatoms. The van der Waals surface area contributed by atoms with Gasteiger partial charge in [0.15, 0.2) is 5.65 Å². The van der Waals surface area contributed by atoms with Crippen molar-refractivity contribution in [3.05, 3.63) is 47.9 Å². The molecule has 4 aliphatic rings. The van der Waals surface area contributed by atoms with Crippen LogP contribution in [-0.4, -0.2) is 81.4 Å². The number of rotatable bonds is 6. The molecular formula is C32H36F2N6O2. The first-order chi connectivity index (χ1) is 20.4. The van der Waals surface area contributed by atoms with Gasteiger partial charge in [-0.15, -0.1) is 0 Å². The predicted molar refractivity (Wildman–Crippen MR) is 158 cm³/mol. The summed E-state index contributed by atoms with van der Waals surface area (Å²) in [5.41, 5.74) is 2.44. The molecule has 42 heavy (non-hydrogen) atoms. The van der Waals surface area contributed by atoms with Gasteiger partial charge in [-0.05, 0) is 61.7 Å². The highest BCUT2D eigenvalue weighted by molar-refractivity contribution is 5.97. The van der Waals surface area contributed by atoms with Crippen molar-refractivity contribution in [3.63, 3.8) is 0 Å². The Kier molecular flexibility index (Phi) is 6.08. The van der Waals surface area contributed by atoms with Crippen LogP contribution in [0.5, 0.6) is 11.6 Å². The van der Waals surface area contributed by atoms with E-state index in [4.69, 9.17) is 14.8 Å². The van der Waals surface area contributed by atoms with Gasteiger partial charge in [0.1, 0.15) is 24.3 Å². The van der Waals surface area contributed by atoms with Crippen molar-refractivity contribution in [2.75, 3.05) is 37.7 Å². The van der Waals surface area contributed by atoms with Gasteiger partial charge in [0.05, 0.1) is 28.5 Å². The van der Waals surface area contributed by atoms with Gasteiger partial charge < -0.3 is 20.1 Å². The van der Waals surface area contributed by atoms with E-state index in [1.165, 1.54) is 6.07 Å². The number of aryl methyl sites for hydroxylation is 1. The zero-order valence-electron chi connectivity index (χ0n) is 23.8. The van der Waals surface area contributed by atoms with E-state index in [0.717, 1.165) is 61.8 Å². The number of hydrogen-bond donors (Lipinski definition) is 2. The summed E-state index contributed by atoms with van der Waals surface area (Å²) in [5.74, 6) is 0.258. The number of nitrogens with one attached hydrogen (secondary N) is 1. The lowest BCUT2D eigenvalue weighted by Crippen LogP contribution is -2.51. The number of nitrogens with zero attached hydrogens (tertiary/aromatic N) is 5. The number of halogens is 2. The third-order valence-electron chi connectivity index (χ3n) is 10.0. The largest absolute Gasteiger partial charge is 0.508 e. The van der Waals surface area contributed by atoms with Crippen LogP contribution in [0.2, 0.25) is 0 Å². The van der Waals surface area contributed by atoms with Crippen LogP contribution in [-0.2, 0) is 6.42 Å². The molecule has 0 saturated carbocycles. The Balaban J connectivity index is 1.27. The average molecular weight is 575 g/mol. The average Bonchev–Trinajstić information content (AvgIpc) is 3.73. The molecule has 4 saturated heterocycles. The fourth-order valence-electron chi connectivity index (χ4n) is 8.11. The van der Waals surface area contributed by atoms with Crippen molar-refractivity contribution in [2.24, 2.45) is 0 Å². The van der Waals surface area contributed by atoms with Crippen LogP contribution in [0.4, 0.5) is 14.5 Å². The van der Waals surface area contributed by atoms with Crippen LogP contribution in [0, 0.1) is 5.82 Å². The van der Waals surface area contributed by atoms with E-state index in [-0.39, 0.29) is 17.1 Å². The summed E-state index contributed by atoms with van der Waals surface area (Å²) < 4.78 is 37.7. The molecule has 2 unspecified atom stereocenters. The molecule has 2 aromatic heterocycles. The van der Waals surface area contributed by atoms with E-state index in [0.29, 0.717) is 66.2 Å². The van der Waals surface area contributed by atoms with E-state index in [9.17, 15) is 9.50 Å². The van der Waals surface area contributed by atoms with Crippen LogP contribution < -0.4 is 15.0 Å². The number of aromatic hydroxyl groups is 1. The summed E-state index contributed by atoms with van der Waals surface area (Å²) in [6.07, 6.45) is 6.24. The highest BCUT2D eigenvalue weighted by atomic mass is 19.1. The highest BCUT2D eigenvalue weighted by Gasteiger charge is 2.49. The van der Waals surface area contributed by atoms with Crippen LogP contribution in [0.25, 0.3) is 27.5 Å². The number of hydrogen-bond acceptors (Lipinski definition) is 7. The minimum absolute atomic E-state index is 0.0727. The quantitative estimate of drug-likeness (QED) is 0.340. The highest BCUT2D eigenvalue weighted by Crippen LogP contribution is 2.42. The normalized spacial score (nSPS) is 27.4. The third-order valence-corrected chi connectivity index (χ3v) is 10.0. The van der Waals surface area contributed by atoms with Crippen molar-refractivity contribution in [1.29, 1.82) is 0 Å². The molecule has 0 aliphatic carbocycles. The summed E-state index contributed by atoms with van der Waals surface area (Å²) in [6, 6.07) is 9.29. The van der Waals surface area contributed by atoms with E-state index in [1.54, 1.807) is 22.9 Å². The number of piperazine rings is 1. The molecule has 2 bridgehead atoms. The van der Waals surface area contributed by atoms with Gasteiger partial charge >= 0.3 is 0 Å². The number of fused-ring (bicyclic) bond motifs is 5. The number of alkyl halides is 1. The maximum Gasteiger partial charge on any atom is 0.217 e. The van der Waals surface area contributed by atoms with E-state index < -0.39 is 6.17 Å². The maximum atomic E-state index is 15.0. The van der Waals surface area contributed by atoms with Crippen molar-refractivity contribution >= 4 is 27.5 Å². The van der Waals surface area contributed by atoms with Gasteiger partial charge in [-0.2, -0.15) is 10.1 Å². The molecule has 4 atom stereocenters. The van der Waals surface area contributed by atoms with Gasteiger partial charge in [-0.3, -0.25) is 4.90 Å². The lowest BCUT2D eigenvalue weighted by Gasteiger charge is -2.35. The molecule has 0 radical (unpaired) electrons. The molecular weight excluding hydrogens is 538 g/mol. The minimum Gasteiger partial charge on any atom is -0.508 e. The predicted octanol–water partition coefficient (Wildman–Crippen LogP) is 4.88. The second kappa shape index (κ2) is 9.77. The topological polar surface area (TPSA) is 78.7 Å². The van der Waals surface area contributed by atoms with Crippen LogP contribution >= 0.6 is 0 Å². The Morgan fingerprint density at radius 3 is 2.76 bits per heavy atom. The second-order valence-corrected chi connectivity index (χ2v) is 12.6. The molecule has 4 aliphatic heterocycles. The number of phenols is 1. The van der Waals surface area contributed by atoms with Crippen LogP contribution in [0.15, 0.2) is 36.5 Å². The minimum atomic E-state index is -0.829.